The van der Waals surface area contributed by atoms with Crippen LogP contribution in [-0.4, -0.2) is 23.3 Å². The third-order valence-corrected chi connectivity index (χ3v) is 9.49. The Hall–Kier alpha value is -2.61. The molecular formula is C30H18Br2Cl3F3N2O4S. The van der Waals surface area contributed by atoms with Gasteiger partial charge in [0.15, 0.2) is 10.5 Å². The molecule has 0 saturated heterocycles. The molecule has 0 N–H and O–H groups in total. The van der Waals surface area contributed by atoms with E-state index < -0.39 is 35.0 Å². The first-order valence-electron chi connectivity index (χ1n) is 12.9. The number of esters is 1. The normalized spacial score (nSPS) is 15.1. The third kappa shape index (κ3) is 7.21. The number of carbonyl (C=O) groups is 1. The summed E-state index contributed by atoms with van der Waals surface area (Å²) in [5.41, 5.74) is -1.41. The molecule has 4 aromatic rings. The predicted octanol–water partition coefficient (Wildman–Crippen LogP) is 8.40. The van der Waals surface area contributed by atoms with E-state index in [-0.39, 0.29) is 28.1 Å². The van der Waals surface area contributed by atoms with E-state index in [9.17, 15) is 22.8 Å². The summed E-state index contributed by atoms with van der Waals surface area (Å²) in [6.07, 6.45) is -3.50. The summed E-state index contributed by atoms with van der Waals surface area (Å²) in [7, 11) is 0. The molecule has 0 spiro atoms. The Balaban J connectivity index is 1.61. The SMILES string of the molecule is CCOC(=O)C1=C(C(F)(F)F)N=c2s/c(=C\c3cc(Br)c(OCc4ccc(Cl)cc4Cl)c(Br)c3)c(=O)n2[C@@H]1c1ccc(Cl)cc1. The number of hydrogen-bond donors (Lipinski definition) is 0. The molecule has 5 rings (SSSR count). The van der Waals surface area contributed by atoms with E-state index >= 15 is 0 Å². The van der Waals surface area contributed by atoms with Crippen molar-refractivity contribution in [1.82, 2.24) is 4.57 Å². The number of rotatable bonds is 7. The summed E-state index contributed by atoms with van der Waals surface area (Å²) >= 11 is 26.0. The topological polar surface area (TPSA) is 69.9 Å². The fourth-order valence-corrected chi connectivity index (χ4v) is 7.58. The van der Waals surface area contributed by atoms with Gasteiger partial charge in [0, 0.05) is 20.6 Å². The van der Waals surface area contributed by atoms with Gasteiger partial charge < -0.3 is 9.47 Å². The van der Waals surface area contributed by atoms with Crippen LogP contribution in [0, 0.1) is 0 Å². The average molecular weight is 826 g/mol. The van der Waals surface area contributed by atoms with E-state index in [4.69, 9.17) is 44.3 Å². The van der Waals surface area contributed by atoms with Crippen molar-refractivity contribution in [2.45, 2.75) is 25.7 Å². The van der Waals surface area contributed by atoms with Gasteiger partial charge in [-0.3, -0.25) is 9.36 Å². The lowest BCUT2D eigenvalue weighted by molar-refractivity contribution is -0.140. The molecule has 1 atom stereocenters. The van der Waals surface area contributed by atoms with Crippen molar-refractivity contribution in [3.05, 3.63) is 126 Å². The number of carbonyl (C=O) groups excluding carboxylic acids is 1. The summed E-state index contributed by atoms with van der Waals surface area (Å²) < 4.78 is 56.1. The second kappa shape index (κ2) is 13.6. The molecule has 1 aliphatic heterocycles. The third-order valence-electron chi connectivity index (χ3n) is 6.49. The Kier molecular flexibility index (Phi) is 10.2. The Morgan fingerprint density at radius 3 is 2.29 bits per heavy atom. The first-order valence-corrected chi connectivity index (χ1v) is 16.4. The van der Waals surface area contributed by atoms with Crippen LogP contribution in [0.15, 0.2) is 84.6 Å². The van der Waals surface area contributed by atoms with Gasteiger partial charge in [0.05, 0.1) is 31.7 Å². The zero-order chi connectivity index (χ0) is 32.6. The van der Waals surface area contributed by atoms with Crippen LogP contribution < -0.4 is 19.6 Å². The van der Waals surface area contributed by atoms with E-state index in [1.54, 1.807) is 30.3 Å². The zero-order valence-corrected chi connectivity index (χ0v) is 29.0. The molecule has 3 aromatic carbocycles. The maximum atomic E-state index is 14.3. The molecule has 234 valence electrons. The molecule has 6 nitrogen and oxygen atoms in total. The summed E-state index contributed by atoms with van der Waals surface area (Å²) in [6.45, 7) is 1.43. The van der Waals surface area contributed by atoms with E-state index in [2.05, 4.69) is 36.9 Å². The maximum Gasteiger partial charge on any atom is 0.434 e. The Labute approximate surface area is 289 Å². The van der Waals surface area contributed by atoms with Gasteiger partial charge in [-0.15, -0.1) is 0 Å². The second-order valence-corrected chi connectivity index (χ2v) is 13.5. The lowest BCUT2D eigenvalue weighted by atomic mass is 9.95. The van der Waals surface area contributed by atoms with Gasteiger partial charge in [-0.2, -0.15) is 13.2 Å². The average Bonchev–Trinajstić information content (AvgIpc) is 3.27. The fourth-order valence-electron chi connectivity index (χ4n) is 4.54. The molecule has 1 aliphatic rings. The van der Waals surface area contributed by atoms with Crippen LogP contribution in [0.5, 0.6) is 5.75 Å². The number of aromatic nitrogens is 1. The van der Waals surface area contributed by atoms with Crippen molar-refractivity contribution in [2.24, 2.45) is 4.99 Å². The Morgan fingerprint density at radius 1 is 1.04 bits per heavy atom. The van der Waals surface area contributed by atoms with Crippen LogP contribution >= 0.6 is 78.0 Å². The monoisotopic (exact) mass is 822 g/mol. The van der Waals surface area contributed by atoms with Crippen molar-refractivity contribution < 1.29 is 27.4 Å². The lowest BCUT2D eigenvalue weighted by Gasteiger charge is -2.26. The van der Waals surface area contributed by atoms with Gasteiger partial charge in [-0.25, -0.2) is 9.79 Å². The highest BCUT2D eigenvalue weighted by atomic mass is 79.9. The van der Waals surface area contributed by atoms with Crippen molar-refractivity contribution in [1.29, 1.82) is 0 Å². The van der Waals surface area contributed by atoms with Crippen molar-refractivity contribution in [2.75, 3.05) is 6.61 Å². The van der Waals surface area contributed by atoms with Crippen LogP contribution in [0.3, 0.4) is 0 Å². The highest BCUT2D eigenvalue weighted by molar-refractivity contribution is 9.11. The number of allylic oxidation sites excluding steroid dienone is 1. The first-order chi connectivity index (χ1) is 21.3. The Morgan fingerprint density at radius 2 is 1.69 bits per heavy atom. The lowest BCUT2D eigenvalue weighted by Crippen LogP contribution is -2.41. The first kappa shape index (κ1) is 33.7. The van der Waals surface area contributed by atoms with Crippen molar-refractivity contribution in [3.8, 4) is 5.75 Å². The number of ether oxygens (including phenoxy) is 2. The molecule has 0 saturated carbocycles. The number of thiazole rings is 1. The number of nitrogens with zero attached hydrogens (tertiary/aromatic N) is 2. The minimum atomic E-state index is -5.01. The number of hydrogen-bond acceptors (Lipinski definition) is 6. The quantitative estimate of drug-likeness (QED) is 0.176. The maximum absolute atomic E-state index is 14.3. The second-order valence-electron chi connectivity index (χ2n) is 9.45. The fraction of sp³-hybridized carbons (Fsp3) is 0.167. The van der Waals surface area contributed by atoms with E-state index in [0.717, 1.165) is 15.9 Å². The molecule has 2 heterocycles. The van der Waals surface area contributed by atoms with Gasteiger partial charge in [0.1, 0.15) is 12.4 Å². The molecule has 0 bridgehead atoms. The number of benzene rings is 3. The molecule has 0 radical (unpaired) electrons. The van der Waals surface area contributed by atoms with Crippen molar-refractivity contribution in [3.63, 3.8) is 0 Å². The van der Waals surface area contributed by atoms with E-state index in [1.165, 1.54) is 37.3 Å². The molecule has 0 aliphatic carbocycles. The number of alkyl halides is 3. The largest absolute Gasteiger partial charge is 0.486 e. The molecule has 0 unspecified atom stereocenters. The summed E-state index contributed by atoms with van der Waals surface area (Å²) in [5, 5.41) is 1.26. The van der Waals surface area contributed by atoms with Gasteiger partial charge >= 0.3 is 12.1 Å². The van der Waals surface area contributed by atoms with Crippen LogP contribution in [0.25, 0.3) is 6.08 Å². The molecule has 1 aromatic heterocycles. The molecule has 0 amide bonds. The minimum absolute atomic E-state index is 0.0831. The highest BCUT2D eigenvalue weighted by Gasteiger charge is 2.45. The van der Waals surface area contributed by atoms with Crippen LogP contribution in [0.2, 0.25) is 15.1 Å². The van der Waals surface area contributed by atoms with Gasteiger partial charge in [0.25, 0.3) is 5.56 Å². The smallest absolute Gasteiger partial charge is 0.434 e. The summed E-state index contributed by atoms with van der Waals surface area (Å²) in [4.78, 5) is 30.4. The Bertz CT molecular complexity index is 2010. The standard InChI is InChI=1S/C30H18Br2Cl3F3N2O4S/c1-2-43-28(42)23-24(15-3-6-17(33)7-4-15)40-27(41)22(45-29(40)39-26(23)30(36,37)38)11-14-9-19(31)25(20(32)10-14)44-13-16-5-8-18(34)12-21(16)35/h3-12,24H,2,13H2,1H3/b22-11-/t24-/m1/s1. The van der Waals surface area contributed by atoms with E-state index in [1.807, 2.05) is 0 Å². The van der Waals surface area contributed by atoms with Crippen LogP contribution in [-0.2, 0) is 16.1 Å². The van der Waals surface area contributed by atoms with E-state index in [0.29, 0.717) is 40.9 Å². The van der Waals surface area contributed by atoms with Gasteiger partial charge in [0.2, 0.25) is 0 Å². The number of fused-ring (bicyclic) bond motifs is 1. The zero-order valence-electron chi connectivity index (χ0n) is 22.7. The van der Waals surface area contributed by atoms with Crippen molar-refractivity contribution >= 4 is 90.0 Å². The van der Waals surface area contributed by atoms with Crippen LogP contribution in [0.1, 0.15) is 29.7 Å². The van der Waals surface area contributed by atoms with Gasteiger partial charge in [-0.1, -0.05) is 64.3 Å². The number of halogens is 8. The molecule has 15 heteroatoms. The predicted molar refractivity (Wildman–Crippen MR) is 175 cm³/mol. The minimum Gasteiger partial charge on any atom is -0.486 e. The van der Waals surface area contributed by atoms with Gasteiger partial charge in [-0.05, 0) is 92.4 Å². The highest BCUT2D eigenvalue weighted by Crippen LogP contribution is 2.39. The molecular weight excluding hydrogens is 808 g/mol. The molecule has 0 fully saturated rings. The molecule has 45 heavy (non-hydrogen) atoms. The van der Waals surface area contributed by atoms with Crippen LogP contribution in [0.4, 0.5) is 13.2 Å². The summed E-state index contributed by atoms with van der Waals surface area (Å²) in [6, 6.07) is 12.8. The summed E-state index contributed by atoms with van der Waals surface area (Å²) in [5.74, 6) is -0.776.